The Balaban J connectivity index is 1.39. The molecular formula is C44H28. The van der Waals surface area contributed by atoms with Crippen LogP contribution in [0, 0.1) is 11.8 Å². The minimum Gasteiger partial charge on any atom is -0.0622 e. The van der Waals surface area contributed by atoms with Gasteiger partial charge in [0.25, 0.3) is 0 Å². The van der Waals surface area contributed by atoms with Crippen molar-refractivity contribution in [3.8, 4) is 45.2 Å². The maximum Gasteiger partial charge on any atom is 0.0406 e. The van der Waals surface area contributed by atoms with Crippen molar-refractivity contribution in [2.75, 3.05) is 0 Å². The van der Waals surface area contributed by atoms with Gasteiger partial charge in [0.15, 0.2) is 0 Å². The van der Waals surface area contributed by atoms with Crippen molar-refractivity contribution in [2.45, 2.75) is 0 Å². The van der Waals surface area contributed by atoms with Crippen LogP contribution in [0.5, 0.6) is 0 Å². The SMILES string of the molecule is C(#Cc1c2ccccc2c(-c2cc(-c3ccccc3)cc(-c3ccccc3)c2)c2ccccc12)c1ccc2ccccc2c1. The Bertz CT molecular complexity index is 2250. The topological polar surface area (TPSA) is 0 Å². The van der Waals surface area contributed by atoms with Gasteiger partial charge in [0.1, 0.15) is 0 Å². The van der Waals surface area contributed by atoms with Crippen LogP contribution in [-0.2, 0) is 0 Å². The molecule has 0 bridgehead atoms. The highest BCUT2D eigenvalue weighted by Gasteiger charge is 2.16. The molecule has 0 radical (unpaired) electrons. The second-order valence-corrected chi connectivity index (χ2v) is 11.2. The van der Waals surface area contributed by atoms with Crippen LogP contribution in [0.1, 0.15) is 11.1 Å². The van der Waals surface area contributed by atoms with Crippen molar-refractivity contribution in [3.05, 3.63) is 181 Å². The molecule has 0 atom stereocenters. The number of rotatable bonds is 3. The van der Waals surface area contributed by atoms with Gasteiger partial charge in [-0.3, -0.25) is 0 Å². The van der Waals surface area contributed by atoms with E-state index in [1.54, 1.807) is 0 Å². The van der Waals surface area contributed by atoms with Crippen molar-refractivity contribution < 1.29 is 0 Å². The van der Waals surface area contributed by atoms with Gasteiger partial charge < -0.3 is 0 Å². The highest BCUT2D eigenvalue weighted by molar-refractivity contribution is 6.16. The van der Waals surface area contributed by atoms with Crippen LogP contribution in [-0.4, -0.2) is 0 Å². The molecule has 0 aromatic heterocycles. The Hall–Kier alpha value is -5.90. The normalized spacial score (nSPS) is 11.0. The quantitative estimate of drug-likeness (QED) is 0.150. The Morgan fingerprint density at radius 1 is 0.295 bits per heavy atom. The van der Waals surface area contributed by atoms with Crippen molar-refractivity contribution in [3.63, 3.8) is 0 Å². The van der Waals surface area contributed by atoms with Crippen molar-refractivity contribution in [1.82, 2.24) is 0 Å². The molecule has 0 aliphatic rings. The van der Waals surface area contributed by atoms with Crippen LogP contribution >= 0.6 is 0 Å². The molecule has 0 unspecified atom stereocenters. The minimum absolute atomic E-state index is 1.02. The fraction of sp³-hybridized carbons (Fsp3) is 0. The van der Waals surface area contributed by atoms with Gasteiger partial charge in [-0.15, -0.1) is 0 Å². The molecule has 0 fully saturated rings. The number of hydrogen-bond donors (Lipinski definition) is 0. The highest BCUT2D eigenvalue weighted by Crippen LogP contribution is 2.42. The van der Waals surface area contributed by atoms with Crippen LogP contribution in [0.4, 0.5) is 0 Å². The van der Waals surface area contributed by atoms with Gasteiger partial charge >= 0.3 is 0 Å². The third kappa shape index (κ3) is 4.72. The van der Waals surface area contributed by atoms with Gasteiger partial charge in [0, 0.05) is 11.1 Å². The molecule has 8 rings (SSSR count). The minimum atomic E-state index is 1.02. The van der Waals surface area contributed by atoms with E-state index in [0.717, 1.165) is 11.1 Å². The van der Waals surface area contributed by atoms with E-state index in [2.05, 4.69) is 182 Å². The Kier molecular flexibility index (Phi) is 6.48. The first kappa shape index (κ1) is 25.8. The van der Waals surface area contributed by atoms with Crippen molar-refractivity contribution in [2.24, 2.45) is 0 Å². The average molecular weight is 557 g/mol. The molecular weight excluding hydrogens is 528 g/mol. The summed E-state index contributed by atoms with van der Waals surface area (Å²) in [5.41, 5.74) is 9.34. The van der Waals surface area contributed by atoms with Gasteiger partial charge in [-0.05, 0) is 96.0 Å². The summed E-state index contributed by atoms with van der Waals surface area (Å²) in [5.74, 6) is 7.12. The maximum absolute atomic E-state index is 3.61. The molecule has 8 aromatic rings. The van der Waals surface area contributed by atoms with E-state index in [-0.39, 0.29) is 0 Å². The van der Waals surface area contributed by atoms with E-state index in [0.29, 0.717) is 0 Å². The fourth-order valence-corrected chi connectivity index (χ4v) is 6.34. The Morgan fingerprint density at radius 3 is 1.36 bits per heavy atom. The van der Waals surface area contributed by atoms with E-state index in [1.807, 2.05) is 0 Å². The first-order valence-electron chi connectivity index (χ1n) is 15.0. The largest absolute Gasteiger partial charge is 0.0622 e. The summed E-state index contributed by atoms with van der Waals surface area (Å²) in [6.45, 7) is 0. The van der Waals surface area contributed by atoms with Gasteiger partial charge in [0.05, 0.1) is 0 Å². The van der Waals surface area contributed by atoms with Gasteiger partial charge in [-0.2, -0.15) is 0 Å². The van der Waals surface area contributed by atoms with Crippen LogP contribution in [0.15, 0.2) is 170 Å². The summed E-state index contributed by atoms with van der Waals surface area (Å²) in [7, 11) is 0. The molecule has 0 heteroatoms. The lowest BCUT2D eigenvalue weighted by Gasteiger charge is -2.17. The average Bonchev–Trinajstić information content (AvgIpc) is 3.10. The summed E-state index contributed by atoms with van der Waals surface area (Å²) in [6, 6.07) is 60.7. The van der Waals surface area contributed by atoms with Crippen molar-refractivity contribution in [1.29, 1.82) is 0 Å². The second kappa shape index (κ2) is 11.1. The number of fused-ring (bicyclic) bond motifs is 3. The molecule has 0 N–H and O–H groups in total. The molecule has 0 aliphatic heterocycles. The summed E-state index contributed by atoms with van der Waals surface area (Å²) in [6.07, 6.45) is 0. The van der Waals surface area contributed by atoms with E-state index in [1.165, 1.54) is 65.7 Å². The van der Waals surface area contributed by atoms with Crippen LogP contribution < -0.4 is 0 Å². The van der Waals surface area contributed by atoms with E-state index < -0.39 is 0 Å². The monoisotopic (exact) mass is 556 g/mol. The molecule has 0 nitrogen and oxygen atoms in total. The fourth-order valence-electron chi connectivity index (χ4n) is 6.34. The zero-order chi connectivity index (χ0) is 29.3. The third-order valence-electron chi connectivity index (χ3n) is 8.45. The molecule has 0 aliphatic carbocycles. The molecule has 8 aromatic carbocycles. The summed E-state index contributed by atoms with van der Waals surface area (Å²) >= 11 is 0. The smallest absolute Gasteiger partial charge is 0.0406 e. The molecule has 44 heavy (non-hydrogen) atoms. The maximum atomic E-state index is 3.61. The van der Waals surface area contributed by atoms with Gasteiger partial charge in [-0.25, -0.2) is 0 Å². The van der Waals surface area contributed by atoms with Crippen LogP contribution in [0.25, 0.3) is 65.7 Å². The zero-order valence-corrected chi connectivity index (χ0v) is 24.2. The molecule has 0 saturated heterocycles. The molecule has 0 amide bonds. The molecule has 0 saturated carbocycles. The molecule has 0 spiro atoms. The predicted molar refractivity (Wildman–Crippen MR) is 188 cm³/mol. The lowest BCUT2D eigenvalue weighted by atomic mass is 9.86. The first-order chi connectivity index (χ1) is 21.8. The van der Waals surface area contributed by atoms with E-state index in [9.17, 15) is 0 Å². The predicted octanol–water partition coefficient (Wildman–Crippen LogP) is 11.5. The molecule has 204 valence electrons. The van der Waals surface area contributed by atoms with Crippen molar-refractivity contribution >= 4 is 32.3 Å². The number of hydrogen-bond acceptors (Lipinski definition) is 0. The first-order valence-corrected chi connectivity index (χ1v) is 15.0. The Labute approximate surface area is 257 Å². The summed E-state index contributed by atoms with van der Waals surface area (Å²) < 4.78 is 0. The van der Waals surface area contributed by atoms with Gasteiger partial charge in [-0.1, -0.05) is 151 Å². The second-order valence-electron chi connectivity index (χ2n) is 11.2. The summed E-state index contributed by atoms with van der Waals surface area (Å²) in [4.78, 5) is 0. The van der Waals surface area contributed by atoms with E-state index in [4.69, 9.17) is 0 Å². The molecule has 0 heterocycles. The zero-order valence-electron chi connectivity index (χ0n) is 24.2. The standard InChI is InChI=1S/C44H28/c1-3-13-32(14-4-1)36-28-37(33-15-5-2-6-16-33)30-38(29-36)44-42-21-11-9-19-39(42)41(40-20-10-12-22-43(40)44)26-24-31-23-25-34-17-7-8-18-35(34)27-31/h1-23,25,27-30H. The lowest BCUT2D eigenvalue weighted by molar-refractivity contribution is 1.58. The summed E-state index contributed by atoms with van der Waals surface area (Å²) in [5, 5.41) is 7.18. The van der Waals surface area contributed by atoms with Crippen LogP contribution in [0.3, 0.4) is 0 Å². The Morgan fingerprint density at radius 2 is 0.773 bits per heavy atom. The van der Waals surface area contributed by atoms with Gasteiger partial charge in [0.2, 0.25) is 0 Å². The van der Waals surface area contributed by atoms with Crippen LogP contribution in [0.2, 0.25) is 0 Å². The third-order valence-corrected chi connectivity index (χ3v) is 8.45. The lowest BCUT2D eigenvalue weighted by Crippen LogP contribution is -1.92. The highest BCUT2D eigenvalue weighted by atomic mass is 14.2. The number of benzene rings is 8. The van der Waals surface area contributed by atoms with E-state index >= 15 is 0 Å².